The number of anilines is 4. The van der Waals surface area contributed by atoms with Gasteiger partial charge in [0, 0.05) is 73.6 Å². The van der Waals surface area contributed by atoms with E-state index in [1.807, 2.05) is 38.4 Å². The molecule has 1 fully saturated rings. The van der Waals surface area contributed by atoms with E-state index in [1.54, 1.807) is 0 Å². The van der Waals surface area contributed by atoms with Crippen molar-refractivity contribution in [3.8, 4) is 0 Å². The Morgan fingerprint density at radius 1 is 0.675 bits per heavy atom. The van der Waals surface area contributed by atoms with Crippen LogP contribution < -0.4 is 20.4 Å². The molecule has 2 N–H and O–H groups in total. The lowest BCUT2D eigenvalue weighted by molar-refractivity contribution is -0.142. The van der Waals surface area contributed by atoms with E-state index in [1.165, 1.54) is 13.8 Å². The number of rotatable bonds is 4. The molecule has 40 heavy (non-hydrogen) atoms. The minimum atomic E-state index is -0.984. The summed E-state index contributed by atoms with van der Waals surface area (Å²) in [6.07, 6.45) is 0. The first-order valence-corrected chi connectivity index (χ1v) is 13.9. The lowest BCUT2D eigenvalue weighted by Crippen LogP contribution is -2.45. The number of fused-ring (bicyclic) bond motifs is 2. The fraction of sp³-hybridized carbons (Fsp3) is 0.500. The average molecular weight is 545 g/mol. The van der Waals surface area contributed by atoms with E-state index in [0.29, 0.717) is 22.5 Å². The van der Waals surface area contributed by atoms with Gasteiger partial charge >= 0.3 is 0 Å². The molecule has 8 nitrogen and oxygen atoms in total. The maximum Gasteiger partial charge on any atom is 0.221 e. The van der Waals surface area contributed by atoms with Crippen LogP contribution in [0.5, 0.6) is 0 Å². The normalized spacial score (nSPS) is 25.9. The van der Waals surface area contributed by atoms with Gasteiger partial charge in [0.2, 0.25) is 11.8 Å². The summed E-state index contributed by atoms with van der Waals surface area (Å²) in [5.74, 6) is -2.95. The van der Waals surface area contributed by atoms with E-state index in [-0.39, 0.29) is 46.3 Å². The SMILES string of the molecule is CC(=O)Nc1cc2c(cc1C1C(=O)C(c3cc4c(cc3NC(C)=O)N(C)C(C)C4(C)C)C1=O)C(C)(C)C(C)N2C. The molecule has 0 aromatic heterocycles. The zero-order valence-electron chi connectivity index (χ0n) is 25.1. The van der Waals surface area contributed by atoms with Gasteiger partial charge in [-0.3, -0.25) is 19.2 Å². The zero-order valence-corrected chi connectivity index (χ0v) is 25.1. The van der Waals surface area contributed by atoms with Gasteiger partial charge in [-0.05, 0) is 60.4 Å². The third-order valence-electron chi connectivity index (χ3n) is 10.1. The van der Waals surface area contributed by atoms with Crippen LogP contribution in [0.2, 0.25) is 0 Å². The van der Waals surface area contributed by atoms with E-state index in [9.17, 15) is 19.2 Å². The Morgan fingerprint density at radius 2 is 1.00 bits per heavy atom. The topological polar surface area (TPSA) is 98.8 Å². The van der Waals surface area contributed by atoms with Gasteiger partial charge in [-0.25, -0.2) is 0 Å². The molecule has 2 unspecified atom stereocenters. The lowest BCUT2D eigenvalue weighted by atomic mass is 9.64. The van der Waals surface area contributed by atoms with Crippen molar-refractivity contribution in [2.24, 2.45) is 0 Å². The molecule has 1 saturated carbocycles. The average Bonchev–Trinajstić information content (AvgIpc) is 3.13. The minimum Gasteiger partial charge on any atom is -0.371 e. The van der Waals surface area contributed by atoms with Gasteiger partial charge in [0.1, 0.15) is 11.8 Å². The van der Waals surface area contributed by atoms with Gasteiger partial charge in [-0.1, -0.05) is 27.7 Å². The number of ketones is 2. The lowest BCUT2D eigenvalue weighted by Gasteiger charge is -2.36. The molecule has 3 aliphatic rings. The fourth-order valence-electron chi connectivity index (χ4n) is 6.87. The standard InChI is InChI=1S/C32H40N4O4/c1-15-31(5,6)21-11-19(23(33-17(3)37)13-25(21)35(15)9)27-29(39)28(30(27)40)20-12-22-26(14-24(20)34-18(4)38)36(10)16(2)32(22,7)8/h11-16,27-28H,1-10H3,(H,33,37)(H,34,38). The summed E-state index contributed by atoms with van der Waals surface area (Å²) in [7, 11) is 4.03. The van der Waals surface area contributed by atoms with Crippen molar-refractivity contribution in [2.75, 3.05) is 34.5 Å². The second-order valence-electron chi connectivity index (χ2n) is 13.0. The zero-order chi connectivity index (χ0) is 29.6. The van der Waals surface area contributed by atoms with Crippen molar-refractivity contribution in [3.05, 3.63) is 46.5 Å². The number of carbonyl (C=O) groups is 4. The molecule has 1 aliphatic carbocycles. The maximum absolute atomic E-state index is 14.0. The third kappa shape index (κ3) is 3.79. The van der Waals surface area contributed by atoms with Crippen molar-refractivity contribution < 1.29 is 19.2 Å². The first-order chi connectivity index (χ1) is 18.5. The largest absolute Gasteiger partial charge is 0.371 e. The Hall–Kier alpha value is -3.68. The van der Waals surface area contributed by atoms with Gasteiger partial charge < -0.3 is 20.4 Å². The minimum absolute atomic E-state index is 0.193. The highest BCUT2D eigenvalue weighted by atomic mass is 16.2. The fourth-order valence-corrected chi connectivity index (χ4v) is 6.87. The van der Waals surface area contributed by atoms with Crippen LogP contribution in [0.15, 0.2) is 24.3 Å². The Bertz CT molecular complexity index is 1370. The van der Waals surface area contributed by atoms with Crippen LogP contribution in [0.3, 0.4) is 0 Å². The number of hydrogen-bond acceptors (Lipinski definition) is 6. The first kappa shape index (κ1) is 27.9. The Balaban J connectivity index is 1.61. The van der Waals surface area contributed by atoms with Crippen molar-refractivity contribution in [3.63, 3.8) is 0 Å². The van der Waals surface area contributed by atoms with E-state index in [0.717, 1.165) is 22.5 Å². The maximum atomic E-state index is 14.0. The first-order valence-electron chi connectivity index (χ1n) is 13.9. The van der Waals surface area contributed by atoms with Crippen LogP contribution in [0.25, 0.3) is 0 Å². The summed E-state index contributed by atoms with van der Waals surface area (Å²) >= 11 is 0. The summed E-state index contributed by atoms with van der Waals surface area (Å²) < 4.78 is 0. The molecule has 2 amide bonds. The smallest absolute Gasteiger partial charge is 0.221 e. The van der Waals surface area contributed by atoms with Crippen LogP contribution in [-0.2, 0) is 30.0 Å². The molecule has 0 bridgehead atoms. The van der Waals surface area contributed by atoms with Crippen molar-refractivity contribution in [1.29, 1.82) is 0 Å². The van der Waals surface area contributed by atoms with E-state index in [2.05, 4.69) is 62.0 Å². The summed E-state index contributed by atoms with van der Waals surface area (Å²) in [6, 6.07) is 8.05. The molecule has 0 saturated heterocycles. The van der Waals surface area contributed by atoms with E-state index < -0.39 is 11.8 Å². The van der Waals surface area contributed by atoms with Gasteiger partial charge in [0.25, 0.3) is 0 Å². The van der Waals surface area contributed by atoms with Crippen LogP contribution >= 0.6 is 0 Å². The van der Waals surface area contributed by atoms with E-state index in [4.69, 9.17) is 0 Å². The number of nitrogens with zero attached hydrogens (tertiary/aromatic N) is 2. The molecule has 0 spiro atoms. The number of Topliss-reactive ketones (excluding diaryl/α,β-unsaturated/α-hetero) is 2. The highest BCUT2D eigenvalue weighted by Crippen LogP contribution is 2.53. The van der Waals surface area contributed by atoms with Crippen LogP contribution in [0.4, 0.5) is 22.7 Å². The number of benzene rings is 2. The van der Waals surface area contributed by atoms with Crippen LogP contribution in [0.1, 0.15) is 89.5 Å². The number of carbonyl (C=O) groups excluding carboxylic acids is 4. The molecule has 2 aromatic rings. The second-order valence-corrected chi connectivity index (χ2v) is 13.0. The van der Waals surface area contributed by atoms with Crippen LogP contribution in [0, 0.1) is 0 Å². The highest BCUT2D eigenvalue weighted by Gasteiger charge is 2.54. The van der Waals surface area contributed by atoms with Crippen LogP contribution in [-0.4, -0.2) is 49.6 Å². The quantitative estimate of drug-likeness (QED) is 0.534. The number of likely N-dealkylation sites (N-methyl/N-ethyl adjacent to an activating group) is 2. The predicted octanol–water partition coefficient (Wildman–Crippen LogP) is 4.85. The highest BCUT2D eigenvalue weighted by molar-refractivity contribution is 6.32. The monoisotopic (exact) mass is 544 g/mol. The van der Waals surface area contributed by atoms with Crippen molar-refractivity contribution in [1.82, 2.24) is 0 Å². The van der Waals surface area contributed by atoms with Gasteiger partial charge in [0.05, 0.1) is 0 Å². The van der Waals surface area contributed by atoms with Gasteiger partial charge in [-0.2, -0.15) is 0 Å². The van der Waals surface area contributed by atoms with Gasteiger partial charge in [-0.15, -0.1) is 0 Å². The van der Waals surface area contributed by atoms with E-state index >= 15 is 0 Å². The third-order valence-corrected chi connectivity index (χ3v) is 10.1. The molecule has 2 aromatic carbocycles. The molecular weight excluding hydrogens is 504 g/mol. The van der Waals surface area contributed by atoms with Gasteiger partial charge in [0.15, 0.2) is 11.6 Å². The van der Waals surface area contributed by atoms with Crippen molar-refractivity contribution in [2.45, 2.75) is 90.1 Å². The number of hydrogen-bond donors (Lipinski definition) is 2. The molecule has 8 heteroatoms. The molecule has 212 valence electrons. The molecule has 5 rings (SSSR count). The summed E-state index contributed by atoms with van der Waals surface area (Å²) in [5, 5.41) is 5.74. The summed E-state index contributed by atoms with van der Waals surface area (Å²) in [6.45, 7) is 15.7. The molecule has 2 heterocycles. The predicted molar refractivity (Wildman–Crippen MR) is 159 cm³/mol. The molecular formula is C32H40N4O4. The Kier molecular flexibility index (Phi) is 6.21. The van der Waals surface area contributed by atoms with Crippen molar-refractivity contribution >= 4 is 46.1 Å². The molecule has 0 radical (unpaired) electrons. The molecule has 2 atom stereocenters. The number of nitrogens with one attached hydrogen (secondary N) is 2. The Morgan fingerprint density at radius 3 is 1.30 bits per heavy atom. The number of amides is 2. The summed E-state index contributed by atoms with van der Waals surface area (Å²) in [5.41, 5.74) is 5.67. The molecule has 2 aliphatic heterocycles. The summed E-state index contributed by atoms with van der Waals surface area (Å²) in [4.78, 5) is 56.6. The second kappa shape index (κ2) is 8.91. The Labute approximate surface area is 236 Å².